The first-order chi connectivity index (χ1) is 11.3. The van der Waals surface area contributed by atoms with Crippen molar-refractivity contribution in [3.8, 4) is 0 Å². The molecule has 7 heteroatoms. The molecular formula is C17H27BN2O4. The van der Waals surface area contributed by atoms with Crippen LogP contribution in [0.2, 0.25) is 0 Å². The minimum absolute atomic E-state index is 0.0841. The molecule has 0 aliphatic rings. The molecule has 0 heterocycles. The molecule has 24 heavy (non-hydrogen) atoms. The zero-order valence-corrected chi connectivity index (χ0v) is 14.9. The van der Waals surface area contributed by atoms with Crippen molar-refractivity contribution in [2.75, 3.05) is 13.1 Å². The Hall–Kier alpha value is -1.86. The number of likely N-dealkylation sites (N-methyl/N-ethyl adjacent to an activating group) is 1. The van der Waals surface area contributed by atoms with Crippen molar-refractivity contribution in [2.45, 2.75) is 46.5 Å². The van der Waals surface area contributed by atoms with Crippen LogP contribution in [-0.2, 0) is 16.0 Å². The molecule has 1 unspecified atom stereocenters. The maximum absolute atomic E-state index is 12.1. The molecule has 1 aromatic rings. The second kappa shape index (κ2) is 9.44. The minimum atomic E-state index is -1.67. The smallest absolute Gasteiger partial charge is 0.426 e. The molecule has 3 N–H and O–H groups in total. The number of benzene rings is 1. The second-order valence-corrected chi connectivity index (χ2v) is 5.98. The largest absolute Gasteiger partial charge is 0.475 e. The fourth-order valence-corrected chi connectivity index (χ4v) is 2.57. The van der Waals surface area contributed by atoms with E-state index in [1.54, 1.807) is 13.8 Å². The van der Waals surface area contributed by atoms with Crippen molar-refractivity contribution in [1.29, 1.82) is 0 Å². The number of rotatable bonds is 8. The molecule has 0 aromatic heterocycles. The van der Waals surface area contributed by atoms with Gasteiger partial charge >= 0.3 is 7.12 Å². The zero-order chi connectivity index (χ0) is 18.3. The second-order valence-electron chi connectivity index (χ2n) is 5.98. The van der Waals surface area contributed by atoms with Gasteiger partial charge < -0.3 is 20.3 Å². The highest BCUT2D eigenvalue weighted by atomic mass is 16.4. The van der Waals surface area contributed by atoms with Crippen molar-refractivity contribution in [3.05, 3.63) is 34.9 Å². The van der Waals surface area contributed by atoms with Gasteiger partial charge in [-0.3, -0.25) is 9.59 Å². The number of nitrogens with one attached hydrogen (secondary N) is 1. The highest BCUT2D eigenvalue weighted by molar-refractivity contribution is 6.43. The van der Waals surface area contributed by atoms with Gasteiger partial charge in [0.25, 0.3) is 0 Å². The number of hydrogen-bond acceptors (Lipinski definition) is 4. The summed E-state index contributed by atoms with van der Waals surface area (Å²) in [5.41, 5.74) is 3.10. The van der Waals surface area contributed by atoms with Gasteiger partial charge in [-0.25, -0.2) is 0 Å². The fourth-order valence-electron chi connectivity index (χ4n) is 2.57. The van der Waals surface area contributed by atoms with Crippen molar-refractivity contribution >= 4 is 18.9 Å². The van der Waals surface area contributed by atoms with Crippen molar-refractivity contribution in [2.24, 2.45) is 0 Å². The standard InChI is InChI=1S/C17H27BN2O4/c1-5-17(22)20(6-2)11-16(21)19-15(18(23)24)10-14-8-7-12(3)9-13(14)4/h7-9,15,23-24H,5-6,10-11H2,1-4H3,(H,19,21). The molecule has 0 saturated carbocycles. The maximum atomic E-state index is 12.1. The number of carbonyl (C=O) groups excluding carboxylic acids is 2. The van der Waals surface area contributed by atoms with Crippen LogP contribution in [0.1, 0.15) is 37.0 Å². The van der Waals surface area contributed by atoms with Crippen LogP contribution in [0.15, 0.2) is 18.2 Å². The number of aryl methyl sites for hydroxylation is 2. The van der Waals surface area contributed by atoms with Crippen LogP contribution in [0.25, 0.3) is 0 Å². The van der Waals surface area contributed by atoms with Crippen LogP contribution >= 0.6 is 0 Å². The predicted molar refractivity (Wildman–Crippen MR) is 94.3 cm³/mol. The lowest BCUT2D eigenvalue weighted by Crippen LogP contribution is -2.51. The van der Waals surface area contributed by atoms with E-state index in [-0.39, 0.29) is 12.5 Å². The lowest BCUT2D eigenvalue weighted by Gasteiger charge is -2.23. The summed E-state index contributed by atoms with van der Waals surface area (Å²) >= 11 is 0. The summed E-state index contributed by atoms with van der Waals surface area (Å²) in [4.78, 5) is 25.3. The topological polar surface area (TPSA) is 89.9 Å². The number of nitrogens with zero attached hydrogens (tertiary/aromatic N) is 1. The predicted octanol–water partition coefficient (Wildman–Crippen LogP) is 0.601. The molecule has 0 spiro atoms. The number of carbonyl (C=O) groups is 2. The van der Waals surface area contributed by atoms with Gasteiger partial charge in [-0.1, -0.05) is 30.7 Å². The average Bonchev–Trinajstić information content (AvgIpc) is 2.53. The van der Waals surface area contributed by atoms with E-state index in [2.05, 4.69) is 5.32 Å². The van der Waals surface area contributed by atoms with E-state index in [9.17, 15) is 19.6 Å². The fraction of sp³-hybridized carbons (Fsp3) is 0.529. The van der Waals surface area contributed by atoms with E-state index in [1.165, 1.54) is 4.90 Å². The minimum Gasteiger partial charge on any atom is -0.426 e. The van der Waals surface area contributed by atoms with Gasteiger partial charge in [0.2, 0.25) is 11.8 Å². The summed E-state index contributed by atoms with van der Waals surface area (Å²) in [6.07, 6.45) is 0.638. The van der Waals surface area contributed by atoms with Crippen molar-refractivity contribution in [1.82, 2.24) is 10.2 Å². The van der Waals surface area contributed by atoms with E-state index in [0.717, 1.165) is 16.7 Å². The Morgan fingerprint density at radius 2 is 1.92 bits per heavy atom. The van der Waals surface area contributed by atoms with Crippen LogP contribution < -0.4 is 5.32 Å². The Bertz CT molecular complexity index is 578. The van der Waals surface area contributed by atoms with Gasteiger partial charge in [0, 0.05) is 13.0 Å². The monoisotopic (exact) mass is 334 g/mol. The molecule has 2 amide bonds. The third-order valence-corrected chi connectivity index (χ3v) is 4.02. The highest BCUT2D eigenvalue weighted by Crippen LogP contribution is 2.13. The van der Waals surface area contributed by atoms with Gasteiger partial charge in [-0.15, -0.1) is 0 Å². The van der Waals surface area contributed by atoms with E-state index in [0.29, 0.717) is 19.4 Å². The average molecular weight is 334 g/mol. The third-order valence-electron chi connectivity index (χ3n) is 4.02. The quantitative estimate of drug-likeness (QED) is 0.608. The van der Waals surface area contributed by atoms with E-state index in [1.807, 2.05) is 32.0 Å². The normalized spacial score (nSPS) is 11.8. The summed E-state index contributed by atoms with van der Waals surface area (Å²) in [6, 6.07) is 5.88. The molecule has 1 aromatic carbocycles. The molecular weight excluding hydrogens is 307 g/mol. The molecule has 6 nitrogen and oxygen atoms in total. The van der Waals surface area contributed by atoms with Gasteiger partial charge in [-0.05, 0) is 38.3 Å². The van der Waals surface area contributed by atoms with Gasteiger partial charge in [0.15, 0.2) is 0 Å². The molecule has 0 aliphatic carbocycles. The first-order valence-electron chi connectivity index (χ1n) is 8.27. The van der Waals surface area contributed by atoms with Crippen LogP contribution in [0.4, 0.5) is 0 Å². The number of amides is 2. The molecule has 0 bridgehead atoms. The first-order valence-corrected chi connectivity index (χ1v) is 8.27. The Morgan fingerprint density at radius 1 is 1.25 bits per heavy atom. The van der Waals surface area contributed by atoms with Crippen molar-refractivity contribution in [3.63, 3.8) is 0 Å². The SMILES string of the molecule is CCC(=O)N(CC)CC(=O)NC(Cc1ccc(C)cc1C)B(O)O. The van der Waals surface area contributed by atoms with Gasteiger partial charge in [-0.2, -0.15) is 0 Å². The van der Waals surface area contributed by atoms with Crippen LogP contribution in [0.5, 0.6) is 0 Å². The molecule has 0 aliphatic heterocycles. The molecule has 0 saturated heterocycles. The Morgan fingerprint density at radius 3 is 2.42 bits per heavy atom. The van der Waals surface area contributed by atoms with E-state index in [4.69, 9.17) is 0 Å². The molecule has 132 valence electrons. The lowest BCUT2D eigenvalue weighted by atomic mass is 9.75. The first kappa shape index (κ1) is 20.2. The summed E-state index contributed by atoms with van der Waals surface area (Å²) in [5.74, 6) is -1.33. The van der Waals surface area contributed by atoms with E-state index >= 15 is 0 Å². The van der Waals surface area contributed by atoms with E-state index < -0.39 is 19.0 Å². The van der Waals surface area contributed by atoms with Crippen LogP contribution in [-0.4, -0.2) is 52.9 Å². The Labute approximate surface area is 144 Å². The molecule has 0 radical (unpaired) electrons. The van der Waals surface area contributed by atoms with Crippen LogP contribution in [0, 0.1) is 13.8 Å². The molecule has 1 atom stereocenters. The number of hydrogen-bond donors (Lipinski definition) is 3. The zero-order valence-electron chi connectivity index (χ0n) is 14.9. The van der Waals surface area contributed by atoms with Gasteiger partial charge in [0.1, 0.15) is 0 Å². The lowest BCUT2D eigenvalue weighted by molar-refractivity contribution is -0.135. The molecule has 1 rings (SSSR count). The summed E-state index contributed by atoms with van der Waals surface area (Å²) in [6.45, 7) is 7.83. The van der Waals surface area contributed by atoms with Crippen molar-refractivity contribution < 1.29 is 19.6 Å². The molecule has 0 fully saturated rings. The Kier molecular flexibility index (Phi) is 7.94. The van der Waals surface area contributed by atoms with Gasteiger partial charge in [0.05, 0.1) is 12.5 Å². The third kappa shape index (κ3) is 5.98. The maximum Gasteiger partial charge on any atom is 0.475 e. The summed E-state index contributed by atoms with van der Waals surface area (Å²) < 4.78 is 0. The van der Waals surface area contributed by atoms with Crippen LogP contribution in [0.3, 0.4) is 0 Å². The highest BCUT2D eigenvalue weighted by Gasteiger charge is 2.27. The summed E-state index contributed by atoms with van der Waals surface area (Å²) in [7, 11) is -1.67. The summed E-state index contributed by atoms with van der Waals surface area (Å²) in [5, 5.41) is 21.8. The Balaban J connectivity index is 2.75.